The largest absolute Gasteiger partial charge is 0.481 e. The van der Waals surface area contributed by atoms with Crippen LogP contribution in [0.5, 0.6) is 5.75 Å². The van der Waals surface area contributed by atoms with Crippen LogP contribution < -0.4 is 4.74 Å². The maximum absolute atomic E-state index is 5.58. The summed E-state index contributed by atoms with van der Waals surface area (Å²) in [5.74, 6) is 10.3. The number of para-hydroxylation sites is 1. The summed E-state index contributed by atoms with van der Waals surface area (Å²) in [5, 5.41) is 0. The normalized spacial score (nSPS) is 9.95. The van der Waals surface area contributed by atoms with Gasteiger partial charge in [0.1, 0.15) is 20.4 Å². The smallest absolute Gasteiger partial charge is 0.149 e. The number of hydrogen-bond donors (Lipinski definition) is 0. The lowest BCUT2D eigenvalue weighted by Crippen LogP contribution is -2.16. The van der Waals surface area contributed by atoms with Gasteiger partial charge in [0, 0.05) is 11.1 Å². The summed E-state index contributed by atoms with van der Waals surface area (Å²) in [6.45, 7) is 7.09. The molecule has 2 aromatic carbocycles. The van der Waals surface area contributed by atoms with Gasteiger partial charge in [-0.05, 0) is 24.3 Å². The molecule has 0 aliphatic carbocycles. The number of rotatable bonds is 2. The van der Waals surface area contributed by atoms with Crippen LogP contribution in [0.1, 0.15) is 11.1 Å². The summed E-state index contributed by atoms with van der Waals surface area (Å²) in [4.78, 5) is 0. The van der Waals surface area contributed by atoms with Gasteiger partial charge in [-0.25, -0.2) is 0 Å². The topological polar surface area (TPSA) is 9.23 Å². The van der Waals surface area contributed by atoms with Crippen molar-refractivity contribution in [2.45, 2.75) is 19.6 Å². The van der Waals surface area contributed by atoms with Gasteiger partial charge >= 0.3 is 0 Å². The predicted molar refractivity (Wildman–Crippen MR) is 95.5 cm³/mol. The van der Waals surface area contributed by atoms with E-state index in [4.69, 9.17) is 4.74 Å². The summed E-state index contributed by atoms with van der Waals surface area (Å²) in [5.41, 5.74) is 5.34. The van der Waals surface area contributed by atoms with Gasteiger partial charge in [-0.1, -0.05) is 67.7 Å². The average Bonchev–Trinajstić information content (AvgIpc) is 2.51. The molecule has 0 bridgehead atoms. The first kappa shape index (κ1) is 16.0. The first-order valence-electron chi connectivity index (χ1n) is 7.33. The van der Waals surface area contributed by atoms with E-state index >= 15 is 0 Å². The Balaban J connectivity index is 2.07. The monoisotopic (exact) mass is 304 g/mol. The van der Waals surface area contributed by atoms with E-state index in [-0.39, 0.29) is 0 Å². The summed E-state index contributed by atoms with van der Waals surface area (Å²) >= 11 is 0. The lowest BCUT2D eigenvalue weighted by atomic mass is 10.1. The molecule has 0 N–H and O–H groups in total. The van der Waals surface area contributed by atoms with Gasteiger partial charge in [-0.3, -0.25) is 0 Å². The van der Waals surface area contributed by atoms with Crippen molar-refractivity contribution in [3.63, 3.8) is 0 Å². The molecule has 0 aliphatic heterocycles. The second-order valence-electron chi connectivity index (χ2n) is 5.95. The summed E-state index contributed by atoms with van der Waals surface area (Å²) in [7, 11) is -1.38. The lowest BCUT2D eigenvalue weighted by Gasteiger charge is -2.04. The summed E-state index contributed by atoms with van der Waals surface area (Å²) < 4.78 is 5.58. The zero-order chi connectivity index (χ0) is 15.8. The summed E-state index contributed by atoms with van der Waals surface area (Å²) in [6, 6.07) is 17.7. The van der Waals surface area contributed by atoms with Crippen LogP contribution in [0.4, 0.5) is 0 Å². The predicted octanol–water partition coefficient (Wildman–Crippen LogP) is 4.35. The van der Waals surface area contributed by atoms with Crippen LogP contribution in [-0.2, 0) is 0 Å². The summed E-state index contributed by atoms with van der Waals surface area (Å²) in [6.07, 6.45) is 0. The van der Waals surface area contributed by atoms with Crippen molar-refractivity contribution in [3.8, 4) is 29.1 Å². The molecule has 2 rings (SSSR count). The lowest BCUT2D eigenvalue weighted by molar-refractivity contribution is 0.370. The molecule has 22 heavy (non-hydrogen) atoms. The first-order chi connectivity index (χ1) is 10.5. The molecule has 0 spiro atoms. The zero-order valence-electron chi connectivity index (χ0n) is 13.3. The minimum Gasteiger partial charge on any atom is -0.481 e. The van der Waals surface area contributed by atoms with E-state index in [0.29, 0.717) is 6.61 Å². The van der Waals surface area contributed by atoms with Crippen LogP contribution in [0.3, 0.4) is 0 Å². The van der Waals surface area contributed by atoms with E-state index in [1.807, 2.05) is 54.6 Å². The Morgan fingerprint density at radius 1 is 0.818 bits per heavy atom. The number of benzene rings is 2. The first-order valence-corrected chi connectivity index (χ1v) is 10.8. The van der Waals surface area contributed by atoms with E-state index in [2.05, 4.69) is 42.9 Å². The van der Waals surface area contributed by atoms with Crippen molar-refractivity contribution in [2.75, 3.05) is 6.61 Å². The van der Waals surface area contributed by atoms with Crippen molar-refractivity contribution in [1.29, 1.82) is 0 Å². The third-order valence-corrected chi connectivity index (χ3v) is 3.65. The molecule has 2 aromatic rings. The standard InChI is InChI=1S/C20H20OSi/c1-22(2,3)17-15-19-11-8-7-10-18(19)12-9-16-21-20-13-5-4-6-14-20/h4-8,10-11,13-14H,16H2,1-3H3. The fourth-order valence-corrected chi connectivity index (χ4v) is 2.23. The molecule has 2 heteroatoms. The van der Waals surface area contributed by atoms with E-state index in [9.17, 15) is 0 Å². The molecule has 0 saturated heterocycles. The molecule has 0 aliphatic rings. The van der Waals surface area contributed by atoms with Gasteiger partial charge in [-0.2, -0.15) is 0 Å². The highest BCUT2D eigenvalue weighted by Gasteiger charge is 2.07. The minimum atomic E-state index is -1.38. The van der Waals surface area contributed by atoms with E-state index < -0.39 is 8.07 Å². The number of hydrogen-bond acceptors (Lipinski definition) is 1. The minimum absolute atomic E-state index is 0.375. The molecule has 0 fully saturated rings. The fraction of sp³-hybridized carbons (Fsp3) is 0.200. The van der Waals surface area contributed by atoms with Gasteiger partial charge in [0.05, 0.1) is 0 Å². The van der Waals surface area contributed by atoms with E-state index in [1.54, 1.807) is 0 Å². The van der Waals surface area contributed by atoms with Gasteiger partial charge in [0.2, 0.25) is 0 Å². The Labute approximate surface area is 134 Å². The molecule has 110 valence electrons. The molecule has 0 amide bonds. The highest BCUT2D eigenvalue weighted by Crippen LogP contribution is 2.08. The Morgan fingerprint density at radius 3 is 2.05 bits per heavy atom. The van der Waals surface area contributed by atoms with Gasteiger partial charge in [-0.15, -0.1) is 5.54 Å². The quantitative estimate of drug-likeness (QED) is 0.592. The van der Waals surface area contributed by atoms with Crippen LogP contribution in [0, 0.1) is 23.3 Å². The highest BCUT2D eigenvalue weighted by molar-refractivity contribution is 6.83. The second kappa shape index (κ2) is 7.55. The molecular formula is C20H20OSi. The molecule has 0 heterocycles. The molecule has 1 nitrogen and oxygen atoms in total. The van der Waals surface area contributed by atoms with E-state index in [0.717, 1.165) is 16.9 Å². The van der Waals surface area contributed by atoms with Gasteiger partial charge < -0.3 is 4.74 Å². The Morgan fingerprint density at radius 2 is 1.41 bits per heavy atom. The van der Waals surface area contributed by atoms with Crippen LogP contribution in [0.2, 0.25) is 19.6 Å². The van der Waals surface area contributed by atoms with Crippen molar-refractivity contribution < 1.29 is 4.74 Å². The third kappa shape index (κ3) is 5.52. The molecule has 0 saturated carbocycles. The van der Waals surface area contributed by atoms with Crippen molar-refractivity contribution in [2.24, 2.45) is 0 Å². The average molecular weight is 304 g/mol. The Hall–Kier alpha value is -2.42. The molecule has 0 aromatic heterocycles. The van der Waals surface area contributed by atoms with Crippen LogP contribution >= 0.6 is 0 Å². The molecular weight excluding hydrogens is 284 g/mol. The third-order valence-electron chi connectivity index (χ3n) is 2.78. The maximum Gasteiger partial charge on any atom is 0.149 e. The fourth-order valence-electron chi connectivity index (χ4n) is 1.72. The van der Waals surface area contributed by atoms with Crippen LogP contribution in [-0.4, -0.2) is 14.7 Å². The molecule has 0 atom stereocenters. The second-order valence-corrected chi connectivity index (χ2v) is 10.7. The Kier molecular flexibility index (Phi) is 5.47. The molecule has 0 unspecified atom stereocenters. The van der Waals surface area contributed by atoms with Gasteiger partial charge in [0.15, 0.2) is 0 Å². The highest BCUT2D eigenvalue weighted by atomic mass is 28.3. The van der Waals surface area contributed by atoms with Crippen molar-refractivity contribution in [1.82, 2.24) is 0 Å². The maximum atomic E-state index is 5.58. The SMILES string of the molecule is C[Si](C)(C)C#Cc1ccccc1C#CCOc1ccccc1. The molecule has 0 radical (unpaired) electrons. The van der Waals surface area contributed by atoms with Crippen molar-refractivity contribution >= 4 is 8.07 Å². The van der Waals surface area contributed by atoms with Gasteiger partial charge in [0.25, 0.3) is 0 Å². The van der Waals surface area contributed by atoms with Crippen LogP contribution in [0.15, 0.2) is 54.6 Å². The number of ether oxygens (including phenoxy) is 1. The van der Waals surface area contributed by atoms with E-state index in [1.165, 1.54) is 0 Å². The zero-order valence-corrected chi connectivity index (χ0v) is 14.3. The van der Waals surface area contributed by atoms with Crippen LogP contribution in [0.25, 0.3) is 0 Å². The van der Waals surface area contributed by atoms with Crippen molar-refractivity contribution in [3.05, 3.63) is 65.7 Å². The Bertz CT molecular complexity index is 734.